The van der Waals surface area contributed by atoms with E-state index in [1.807, 2.05) is 44.2 Å². The first kappa shape index (κ1) is 20.8. The average Bonchev–Trinajstić information content (AvgIpc) is 2.62. The number of carbonyl (C=O) groups excluding carboxylic acids is 1. The Bertz CT molecular complexity index is 652. The summed E-state index contributed by atoms with van der Waals surface area (Å²) in [4.78, 5) is 16.2. The van der Waals surface area contributed by atoms with Crippen molar-refractivity contribution in [2.45, 2.75) is 39.0 Å². The zero-order valence-corrected chi connectivity index (χ0v) is 15.8. The first-order valence-electron chi connectivity index (χ1n) is 8.09. The molecule has 1 aromatic rings. The van der Waals surface area contributed by atoms with Gasteiger partial charge < -0.3 is 4.74 Å². The number of nitrogens with zero attached hydrogens (tertiary/aromatic N) is 3. The second-order valence-corrected chi connectivity index (χ2v) is 6.27. The van der Waals surface area contributed by atoms with Crippen molar-refractivity contribution in [2.24, 2.45) is 21.1 Å². The van der Waals surface area contributed by atoms with Crippen LogP contribution in [0.25, 0.3) is 0 Å². The van der Waals surface area contributed by atoms with Crippen molar-refractivity contribution in [3.8, 4) is 0 Å². The van der Waals surface area contributed by atoms with Gasteiger partial charge in [-0.05, 0) is 30.7 Å². The van der Waals surface area contributed by atoms with Crippen LogP contribution in [-0.2, 0) is 16.1 Å². The van der Waals surface area contributed by atoms with Crippen LogP contribution in [0.5, 0.6) is 0 Å². The van der Waals surface area contributed by atoms with E-state index in [1.54, 1.807) is 19.4 Å². The first-order valence-corrected chi connectivity index (χ1v) is 8.60. The summed E-state index contributed by atoms with van der Waals surface area (Å²) in [5, 5.41) is 7.17. The Kier molecular flexibility index (Phi) is 9.47. The normalized spacial score (nSPS) is 14.0. The van der Waals surface area contributed by atoms with Gasteiger partial charge in [0.2, 0.25) is 0 Å². The third-order valence-corrected chi connectivity index (χ3v) is 3.80. The first-order chi connectivity index (χ1) is 12.0. The molecular formula is C19H25N3O2S. The minimum Gasteiger partial charge on any atom is -0.460 e. The van der Waals surface area contributed by atoms with E-state index in [0.717, 1.165) is 11.1 Å². The Morgan fingerprint density at radius 1 is 1.28 bits per heavy atom. The maximum Gasteiger partial charge on any atom is 0.319 e. The largest absolute Gasteiger partial charge is 0.460 e. The lowest BCUT2D eigenvalue weighted by Crippen LogP contribution is -2.19. The Morgan fingerprint density at radius 2 is 1.96 bits per heavy atom. The number of ether oxygens (including phenoxy) is 1. The molecule has 0 heterocycles. The number of hydrogen-bond acceptors (Lipinski definition) is 6. The smallest absolute Gasteiger partial charge is 0.319 e. The molecule has 1 rings (SSSR count). The number of rotatable bonds is 9. The lowest BCUT2D eigenvalue weighted by Gasteiger charge is -2.15. The maximum absolute atomic E-state index is 12.2. The monoisotopic (exact) mass is 359 g/mol. The van der Waals surface area contributed by atoms with Crippen LogP contribution in [0, 0.1) is 5.92 Å². The summed E-state index contributed by atoms with van der Waals surface area (Å²) in [7, 11) is 0. The Hall–Kier alpha value is -2.21. The Morgan fingerprint density at radius 3 is 2.52 bits per heavy atom. The molecule has 0 aliphatic rings. The van der Waals surface area contributed by atoms with Gasteiger partial charge in [0, 0.05) is 18.3 Å². The fourth-order valence-electron chi connectivity index (χ4n) is 2.08. The average molecular weight is 359 g/mol. The minimum absolute atomic E-state index is 0.164. The van der Waals surface area contributed by atoms with E-state index in [9.17, 15) is 4.79 Å². The van der Waals surface area contributed by atoms with E-state index in [2.05, 4.69) is 34.5 Å². The zero-order chi connectivity index (χ0) is 18.7. The molecule has 1 unspecified atom stereocenters. The number of allylic oxidation sites excluding steroid dienone is 2. The molecule has 0 aliphatic carbocycles. The van der Waals surface area contributed by atoms with Crippen LogP contribution >= 0.6 is 12.6 Å². The van der Waals surface area contributed by atoms with E-state index >= 15 is 0 Å². The second kappa shape index (κ2) is 11.4. The molecule has 1 aromatic carbocycles. The summed E-state index contributed by atoms with van der Waals surface area (Å²) in [5.74, 6) is -0.225. The standard InChI is InChI=1S/C19H25N3O2S/c1-5-21-22-12-16(14(2)3)17(20-4)11-18(25)19(23)24-13-15-9-7-6-8-10-15/h5-10,12,14,18,25H,4,11,13H2,1-3H3/b17-16+,21-5+,22-12-. The predicted molar refractivity (Wildman–Crippen MR) is 108 cm³/mol. The minimum atomic E-state index is -0.624. The maximum atomic E-state index is 12.2. The van der Waals surface area contributed by atoms with E-state index in [4.69, 9.17) is 4.74 Å². The molecule has 0 spiro atoms. The third kappa shape index (κ3) is 7.47. The van der Waals surface area contributed by atoms with Crippen LogP contribution in [-0.4, -0.2) is 30.4 Å². The molecule has 5 nitrogen and oxygen atoms in total. The highest BCUT2D eigenvalue weighted by molar-refractivity contribution is 7.81. The predicted octanol–water partition coefficient (Wildman–Crippen LogP) is 4.11. The Labute approximate surface area is 155 Å². The number of esters is 1. The molecule has 0 aliphatic heterocycles. The van der Waals surface area contributed by atoms with Gasteiger partial charge in [0.05, 0.1) is 6.21 Å². The van der Waals surface area contributed by atoms with E-state index in [-0.39, 0.29) is 18.5 Å². The van der Waals surface area contributed by atoms with Crippen molar-refractivity contribution in [3.05, 3.63) is 47.2 Å². The molecule has 134 valence electrons. The van der Waals surface area contributed by atoms with E-state index in [1.165, 1.54) is 0 Å². The van der Waals surface area contributed by atoms with Crippen molar-refractivity contribution in [3.63, 3.8) is 0 Å². The SMILES string of the molecule is C=N\C(CC(S)C(=O)OCc1ccccc1)=C(/C=N\N=C\C)C(C)C. The second-order valence-electron chi connectivity index (χ2n) is 5.65. The molecule has 25 heavy (non-hydrogen) atoms. The third-order valence-electron chi connectivity index (χ3n) is 3.41. The van der Waals surface area contributed by atoms with Crippen LogP contribution < -0.4 is 0 Å². The van der Waals surface area contributed by atoms with Crippen LogP contribution in [0.2, 0.25) is 0 Å². The van der Waals surface area contributed by atoms with Gasteiger partial charge in [-0.1, -0.05) is 44.2 Å². The van der Waals surface area contributed by atoms with E-state index < -0.39 is 5.25 Å². The molecule has 0 saturated carbocycles. The molecule has 6 heteroatoms. The van der Waals surface area contributed by atoms with Crippen LogP contribution in [0.3, 0.4) is 0 Å². The van der Waals surface area contributed by atoms with Gasteiger partial charge in [0.1, 0.15) is 11.9 Å². The van der Waals surface area contributed by atoms with Crippen molar-refractivity contribution < 1.29 is 9.53 Å². The summed E-state index contributed by atoms with van der Waals surface area (Å²) in [6, 6.07) is 9.52. The highest BCUT2D eigenvalue weighted by Gasteiger charge is 2.20. The highest BCUT2D eigenvalue weighted by Crippen LogP contribution is 2.21. The number of aliphatic imine (C=N–C) groups is 1. The van der Waals surface area contributed by atoms with Gasteiger partial charge in [-0.3, -0.25) is 9.79 Å². The molecule has 1 atom stereocenters. The zero-order valence-electron chi connectivity index (χ0n) is 14.9. The van der Waals surface area contributed by atoms with Crippen molar-refractivity contribution in [2.75, 3.05) is 0 Å². The van der Waals surface area contributed by atoms with Crippen LogP contribution in [0.1, 0.15) is 32.8 Å². The van der Waals surface area contributed by atoms with Crippen molar-refractivity contribution in [1.29, 1.82) is 0 Å². The number of carbonyl (C=O) groups is 1. The topological polar surface area (TPSA) is 63.4 Å². The molecule has 0 saturated heterocycles. The fourth-order valence-corrected chi connectivity index (χ4v) is 2.33. The van der Waals surface area contributed by atoms with Gasteiger partial charge in [0.15, 0.2) is 0 Å². The molecular weight excluding hydrogens is 334 g/mol. The molecule has 0 fully saturated rings. The van der Waals surface area contributed by atoms with Crippen LogP contribution in [0.15, 0.2) is 56.8 Å². The summed E-state index contributed by atoms with van der Waals surface area (Å²) in [6.45, 7) is 9.65. The van der Waals surface area contributed by atoms with Gasteiger partial charge in [-0.25, -0.2) is 0 Å². The molecule has 0 amide bonds. The Balaban J connectivity index is 2.78. The van der Waals surface area contributed by atoms with Gasteiger partial charge in [0.25, 0.3) is 0 Å². The summed E-state index contributed by atoms with van der Waals surface area (Å²) < 4.78 is 5.32. The molecule has 0 N–H and O–H groups in total. The molecule has 0 aromatic heterocycles. The number of hydrogen-bond donors (Lipinski definition) is 1. The molecule has 0 radical (unpaired) electrons. The van der Waals surface area contributed by atoms with Gasteiger partial charge in [-0.15, -0.1) is 0 Å². The fraction of sp³-hybridized carbons (Fsp3) is 0.368. The number of benzene rings is 1. The van der Waals surface area contributed by atoms with Crippen LogP contribution in [0.4, 0.5) is 0 Å². The summed E-state index contributed by atoms with van der Waals surface area (Å²) >= 11 is 4.37. The van der Waals surface area contributed by atoms with Gasteiger partial charge >= 0.3 is 5.97 Å². The lowest BCUT2D eigenvalue weighted by atomic mass is 10.00. The van der Waals surface area contributed by atoms with Crippen molar-refractivity contribution in [1.82, 2.24) is 0 Å². The van der Waals surface area contributed by atoms with Gasteiger partial charge in [-0.2, -0.15) is 22.8 Å². The van der Waals surface area contributed by atoms with E-state index in [0.29, 0.717) is 12.1 Å². The quantitative estimate of drug-likeness (QED) is 0.312. The highest BCUT2D eigenvalue weighted by atomic mass is 32.1. The summed E-state index contributed by atoms with van der Waals surface area (Å²) in [6.07, 6.45) is 3.55. The van der Waals surface area contributed by atoms with Crippen molar-refractivity contribution >= 4 is 37.7 Å². The number of thiol groups is 1. The molecule has 0 bridgehead atoms. The summed E-state index contributed by atoms with van der Waals surface area (Å²) in [5.41, 5.74) is 2.47. The lowest BCUT2D eigenvalue weighted by molar-refractivity contribution is -0.144.